The topological polar surface area (TPSA) is 17.1 Å². The van der Waals surface area contributed by atoms with Crippen molar-refractivity contribution in [2.24, 2.45) is 0 Å². The van der Waals surface area contributed by atoms with Gasteiger partial charge in [-0.3, -0.25) is 4.79 Å². The molecular weight excluding hydrogens is 186 g/mol. The molecule has 0 aromatic heterocycles. The van der Waals surface area contributed by atoms with Crippen LogP contribution in [0.25, 0.3) is 0 Å². The van der Waals surface area contributed by atoms with Crippen LogP contribution in [0.2, 0.25) is 0 Å². The molecule has 1 aromatic rings. The fraction of sp³-hybridized carbons (Fsp3) is 0.364. The van der Waals surface area contributed by atoms with Gasteiger partial charge in [-0.25, -0.2) is 8.78 Å². The highest BCUT2D eigenvalue weighted by Gasteiger charge is 2.05. The van der Waals surface area contributed by atoms with E-state index in [9.17, 15) is 13.6 Å². The molecule has 0 bridgehead atoms. The smallest absolute Gasteiger partial charge is 0.134 e. The lowest BCUT2D eigenvalue weighted by Crippen LogP contribution is -1.99. The SMILES string of the molecule is CC.CC(=O)Cc1cc(F)ccc1F. The lowest BCUT2D eigenvalue weighted by molar-refractivity contribution is -0.116. The largest absolute Gasteiger partial charge is 0.300 e. The fourth-order valence-electron chi connectivity index (χ4n) is 0.947. The number of benzene rings is 1. The first-order valence-corrected chi connectivity index (χ1v) is 4.53. The molecule has 0 amide bonds. The Morgan fingerprint density at radius 1 is 1.29 bits per heavy atom. The maximum atomic E-state index is 12.8. The van der Waals surface area contributed by atoms with Crippen LogP contribution in [-0.2, 0) is 11.2 Å². The Labute approximate surface area is 82.8 Å². The van der Waals surface area contributed by atoms with Crippen molar-refractivity contribution in [1.82, 2.24) is 0 Å². The third-order valence-corrected chi connectivity index (χ3v) is 1.45. The average Bonchev–Trinajstić information content (AvgIpc) is 2.14. The first-order valence-electron chi connectivity index (χ1n) is 4.53. The molecule has 3 heteroatoms. The van der Waals surface area contributed by atoms with Gasteiger partial charge in [-0.1, -0.05) is 13.8 Å². The number of hydrogen-bond acceptors (Lipinski definition) is 1. The molecular formula is C11H14F2O. The van der Waals surface area contributed by atoms with E-state index in [0.717, 1.165) is 18.2 Å². The van der Waals surface area contributed by atoms with Gasteiger partial charge in [-0.15, -0.1) is 0 Å². The van der Waals surface area contributed by atoms with Crippen LogP contribution in [0.15, 0.2) is 18.2 Å². The number of rotatable bonds is 2. The van der Waals surface area contributed by atoms with E-state index in [2.05, 4.69) is 0 Å². The van der Waals surface area contributed by atoms with Gasteiger partial charge in [0.05, 0.1) is 0 Å². The molecule has 0 heterocycles. The quantitative estimate of drug-likeness (QED) is 0.716. The lowest BCUT2D eigenvalue weighted by Gasteiger charge is -1.99. The predicted octanol–water partition coefficient (Wildman–Crippen LogP) is 3.12. The molecule has 78 valence electrons. The van der Waals surface area contributed by atoms with Crippen LogP contribution in [-0.4, -0.2) is 5.78 Å². The van der Waals surface area contributed by atoms with E-state index < -0.39 is 11.6 Å². The third-order valence-electron chi connectivity index (χ3n) is 1.45. The van der Waals surface area contributed by atoms with Crippen molar-refractivity contribution in [2.75, 3.05) is 0 Å². The Bertz CT molecular complexity index is 308. The van der Waals surface area contributed by atoms with Crippen molar-refractivity contribution < 1.29 is 13.6 Å². The van der Waals surface area contributed by atoms with Gasteiger partial charge in [0.15, 0.2) is 0 Å². The monoisotopic (exact) mass is 200 g/mol. The zero-order valence-corrected chi connectivity index (χ0v) is 8.60. The van der Waals surface area contributed by atoms with Crippen LogP contribution in [0.1, 0.15) is 26.3 Å². The lowest BCUT2D eigenvalue weighted by atomic mass is 10.1. The summed E-state index contributed by atoms with van der Waals surface area (Å²) in [6, 6.07) is 3.09. The summed E-state index contributed by atoms with van der Waals surface area (Å²) in [6.07, 6.45) is -0.0520. The van der Waals surface area contributed by atoms with Crippen molar-refractivity contribution in [3.8, 4) is 0 Å². The second-order valence-electron chi connectivity index (χ2n) is 2.61. The molecule has 0 spiro atoms. The number of hydrogen-bond donors (Lipinski definition) is 0. The van der Waals surface area contributed by atoms with Crippen LogP contribution < -0.4 is 0 Å². The van der Waals surface area contributed by atoms with Crippen molar-refractivity contribution in [1.29, 1.82) is 0 Å². The van der Waals surface area contributed by atoms with Crippen LogP contribution in [0.5, 0.6) is 0 Å². The highest BCUT2D eigenvalue weighted by molar-refractivity contribution is 5.78. The van der Waals surface area contributed by atoms with E-state index in [4.69, 9.17) is 0 Å². The standard InChI is InChI=1S/C9H8F2O.C2H6/c1-6(12)4-7-5-8(10)2-3-9(7)11;1-2/h2-3,5H,4H2,1H3;1-2H3. The van der Waals surface area contributed by atoms with Gasteiger partial charge in [0.2, 0.25) is 0 Å². The van der Waals surface area contributed by atoms with Crippen LogP contribution in [0, 0.1) is 11.6 Å². The minimum atomic E-state index is -0.536. The molecule has 0 unspecified atom stereocenters. The number of halogens is 2. The van der Waals surface area contributed by atoms with E-state index in [-0.39, 0.29) is 17.8 Å². The molecule has 0 radical (unpaired) electrons. The molecule has 1 aromatic carbocycles. The number of ketones is 1. The molecule has 0 saturated carbocycles. The van der Waals surface area contributed by atoms with Gasteiger partial charge in [0.25, 0.3) is 0 Å². The summed E-state index contributed by atoms with van der Waals surface area (Å²) in [7, 11) is 0. The Morgan fingerprint density at radius 3 is 2.36 bits per heavy atom. The second-order valence-corrected chi connectivity index (χ2v) is 2.61. The molecule has 1 nitrogen and oxygen atoms in total. The van der Waals surface area contributed by atoms with Crippen molar-refractivity contribution in [3.63, 3.8) is 0 Å². The zero-order valence-electron chi connectivity index (χ0n) is 8.60. The second kappa shape index (κ2) is 6.24. The van der Waals surface area contributed by atoms with E-state index in [1.165, 1.54) is 6.92 Å². The summed E-state index contributed by atoms with van der Waals surface area (Å²) >= 11 is 0. The summed E-state index contributed by atoms with van der Waals surface area (Å²) in [6.45, 7) is 5.34. The normalized spacial score (nSPS) is 8.93. The van der Waals surface area contributed by atoms with Crippen LogP contribution >= 0.6 is 0 Å². The molecule has 0 N–H and O–H groups in total. The number of Topliss-reactive ketones (excluding diaryl/α,β-unsaturated/α-hetero) is 1. The maximum Gasteiger partial charge on any atom is 0.134 e. The molecule has 0 aliphatic carbocycles. The van der Waals surface area contributed by atoms with Gasteiger partial charge in [0.1, 0.15) is 17.4 Å². The molecule has 14 heavy (non-hydrogen) atoms. The van der Waals surface area contributed by atoms with Gasteiger partial charge < -0.3 is 0 Å². The summed E-state index contributed by atoms with van der Waals surface area (Å²) in [5.41, 5.74) is 0.113. The van der Waals surface area contributed by atoms with E-state index in [0.29, 0.717) is 0 Å². The molecule has 0 aliphatic rings. The first kappa shape index (κ1) is 12.8. The Hall–Kier alpha value is -1.25. The first-order chi connectivity index (χ1) is 6.59. The summed E-state index contributed by atoms with van der Waals surface area (Å²) in [5, 5.41) is 0. The van der Waals surface area contributed by atoms with E-state index in [1.54, 1.807) is 0 Å². The van der Waals surface area contributed by atoms with E-state index in [1.807, 2.05) is 13.8 Å². The van der Waals surface area contributed by atoms with Gasteiger partial charge in [-0.2, -0.15) is 0 Å². The molecule has 0 atom stereocenters. The van der Waals surface area contributed by atoms with Crippen LogP contribution in [0.4, 0.5) is 8.78 Å². The highest BCUT2D eigenvalue weighted by atomic mass is 19.1. The number of carbonyl (C=O) groups excluding carboxylic acids is 1. The average molecular weight is 200 g/mol. The molecule has 0 saturated heterocycles. The number of carbonyl (C=O) groups is 1. The fourth-order valence-corrected chi connectivity index (χ4v) is 0.947. The predicted molar refractivity (Wildman–Crippen MR) is 52.1 cm³/mol. The van der Waals surface area contributed by atoms with Gasteiger partial charge in [0, 0.05) is 6.42 Å². The minimum Gasteiger partial charge on any atom is -0.300 e. The summed E-state index contributed by atoms with van der Waals surface area (Å²) in [5.74, 6) is -1.24. The summed E-state index contributed by atoms with van der Waals surface area (Å²) < 4.78 is 25.3. The Balaban J connectivity index is 0.000000791. The van der Waals surface area contributed by atoms with Crippen molar-refractivity contribution in [3.05, 3.63) is 35.4 Å². The minimum absolute atomic E-state index is 0.0520. The van der Waals surface area contributed by atoms with Gasteiger partial charge in [-0.05, 0) is 30.7 Å². The zero-order chi connectivity index (χ0) is 11.1. The Morgan fingerprint density at radius 2 is 1.86 bits per heavy atom. The maximum absolute atomic E-state index is 12.8. The molecule has 0 aliphatic heterocycles. The third kappa shape index (κ3) is 4.12. The van der Waals surface area contributed by atoms with Gasteiger partial charge >= 0.3 is 0 Å². The molecule has 1 rings (SSSR count). The van der Waals surface area contributed by atoms with E-state index >= 15 is 0 Å². The van der Waals surface area contributed by atoms with Crippen molar-refractivity contribution >= 4 is 5.78 Å². The van der Waals surface area contributed by atoms with Crippen molar-refractivity contribution in [2.45, 2.75) is 27.2 Å². The Kier molecular flexibility index (Phi) is 5.68. The van der Waals surface area contributed by atoms with Crippen LogP contribution in [0.3, 0.4) is 0 Å². The highest BCUT2D eigenvalue weighted by Crippen LogP contribution is 2.10. The molecule has 0 fully saturated rings. The summed E-state index contributed by atoms with van der Waals surface area (Å²) in [4.78, 5) is 10.6.